The van der Waals surface area contributed by atoms with Crippen molar-refractivity contribution in [3.8, 4) is 5.75 Å². The fraction of sp³-hybridized carbons (Fsp3) is 0.774. The van der Waals surface area contributed by atoms with E-state index in [4.69, 9.17) is 4.74 Å². The van der Waals surface area contributed by atoms with E-state index in [0.717, 1.165) is 36.8 Å². The molecule has 0 amide bonds. The monoisotopic (exact) mass is 474 g/mol. The van der Waals surface area contributed by atoms with Crippen LogP contribution in [0.3, 0.4) is 0 Å². The Bertz CT molecular complexity index is 632. The van der Waals surface area contributed by atoms with Gasteiger partial charge in [-0.05, 0) is 54.4 Å². The maximum Gasteiger partial charge on any atom is 0.338 e. The predicted octanol–water partition coefficient (Wildman–Crippen LogP) is 9.43. The van der Waals surface area contributed by atoms with Crippen molar-refractivity contribution >= 4 is 5.97 Å². The van der Waals surface area contributed by atoms with Crippen LogP contribution in [0, 0.1) is 11.8 Å². The Morgan fingerprint density at radius 3 is 1.47 bits per heavy atom. The highest BCUT2D eigenvalue weighted by molar-refractivity contribution is 5.90. The van der Waals surface area contributed by atoms with Gasteiger partial charge >= 0.3 is 5.97 Å². The smallest absolute Gasteiger partial charge is 0.338 e. The van der Waals surface area contributed by atoms with Gasteiger partial charge in [-0.3, -0.25) is 0 Å². The first-order valence-corrected chi connectivity index (χ1v) is 14.4. The summed E-state index contributed by atoms with van der Waals surface area (Å²) in [7, 11) is 0. The molecule has 196 valence electrons. The van der Waals surface area contributed by atoms with Gasteiger partial charge in [0, 0.05) is 0 Å². The van der Waals surface area contributed by atoms with Crippen LogP contribution in [0.4, 0.5) is 0 Å². The van der Waals surface area contributed by atoms with E-state index in [0.29, 0.717) is 29.8 Å². The summed E-state index contributed by atoms with van der Waals surface area (Å²) >= 11 is 0. The second-order valence-corrected chi connectivity index (χ2v) is 11.1. The SMILES string of the molecule is CCCCCCCCCCCCCCCCOC(=O)c1cc(CC(C)C)c(O)c(CC(C)C)c1. The summed E-state index contributed by atoms with van der Waals surface area (Å²) in [5.74, 6) is 0.926. The van der Waals surface area contributed by atoms with Crippen molar-refractivity contribution in [1.82, 2.24) is 0 Å². The second-order valence-electron chi connectivity index (χ2n) is 11.1. The third-order valence-corrected chi connectivity index (χ3v) is 6.49. The molecule has 0 bridgehead atoms. The van der Waals surface area contributed by atoms with Gasteiger partial charge in [0.2, 0.25) is 0 Å². The van der Waals surface area contributed by atoms with E-state index in [9.17, 15) is 9.90 Å². The number of unbranched alkanes of at least 4 members (excludes halogenated alkanes) is 13. The fourth-order valence-electron chi connectivity index (χ4n) is 4.61. The van der Waals surface area contributed by atoms with E-state index < -0.39 is 0 Å². The molecule has 1 rings (SSSR count). The summed E-state index contributed by atoms with van der Waals surface area (Å²) in [4.78, 5) is 12.7. The third kappa shape index (κ3) is 14.0. The van der Waals surface area contributed by atoms with E-state index in [1.54, 1.807) is 0 Å². The molecule has 34 heavy (non-hydrogen) atoms. The number of carbonyl (C=O) groups is 1. The normalized spacial score (nSPS) is 11.5. The molecule has 0 saturated heterocycles. The zero-order valence-electron chi connectivity index (χ0n) is 23.1. The van der Waals surface area contributed by atoms with Crippen LogP contribution in [0.1, 0.15) is 146 Å². The summed E-state index contributed by atoms with van der Waals surface area (Å²) in [6.45, 7) is 11.3. The largest absolute Gasteiger partial charge is 0.507 e. The van der Waals surface area contributed by atoms with Crippen molar-refractivity contribution in [2.45, 2.75) is 137 Å². The van der Waals surface area contributed by atoms with Crippen molar-refractivity contribution in [3.05, 3.63) is 28.8 Å². The van der Waals surface area contributed by atoms with Gasteiger partial charge in [0.25, 0.3) is 0 Å². The first-order valence-electron chi connectivity index (χ1n) is 14.4. The quantitative estimate of drug-likeness (QED) is 0.151. The highest BCUT2D eigenvalue weighted by atomic mass is 16.5. The van der Waals surface area contributed by atoms with Crippen LogP contribution in [0.25, 0.3) is 0 Å². The van der Waals surface area contributed by atoms with E-state index in [1.807, 2.05) is 12.1 Å². The summed E-state index contributed by atoms with van der Waals surface area (Å²) in [5.41, 5.74) is 2.29. The molecular formula is C31H54O3. The van der Waals surface area contributed by atoms with E-state index in [1.165, 1.54) is 77.0 Å². The van der Waals surface area contributed by atoms with Gasteiger partial charge in [0.1, 0.15) is 5.75 Å². The molecule has 1 N–H and O–H groups in total. The Hall–Kier alpha value is -1.51. The van der Waals surface area contributed by atoms with Gasteiger partial charge in [0.05, 0.1) is 12.2 Å². The van der Waals surface area contributed by atoms with Crippen molar-refractivity contribution in [3.63, 3.8) is 0 Å². The van der Waals surface area contributed by atoms with E-state index in [-0.39, 0.29) is 5.97 Å². The first-order chi connectivity index (χ1) is 16.3. The summed E-state index contributed by atoms with van der Waals surface area (Å²) in [6, 6.07) is 3.65. The standard InChI is InChI=1S/C31H54O3/c1-6-7-8-9-10-11-12-13-14-15-16-17-18-19-20-34-31(33)29-23-27(21-25(2)3)30(32)28(24-29)22-26(4)5/h23-26,32H,6-22H2,1-5H3. The molecule has 3 heteroatoms. The Kier molecular flexibility index (Phi) is 16.9. The molecule has 0 fully saturated rings. The lowest BCUT2D eigenvalue weighted by Gasteiger charge is -2.15. The molecule has 0 aliphatic heterocycles. The van der Waals surface area contributed by atoms with Crippen LogP contribution in [-0.4, -0.2) is 17.7 Å². The minimum Gasteiger partial charge on any atom is -0.507 e. The maximum atomic E-state index is 12.7. The molecule has 0 saturated carbocycles. The maximum absolute atomic E-state index is 12.7. The zero-order valence-corrected chi connectivity index (χ0v) is 23.1. The molecule has 0 radical (unpaired) electrons. The number of aromatic hydroxyl groups is 1. The Labute approximate surface area is 211 Å². The number of hydrogen-bond acceptors (Lipinski definition) is 3. The van der Waals surface area contributed by atoms with Crippen LogP contribution in [0.5, 0.6) is 5.75 Å². The molecule has 0 spiro atoms. The van der Waals surface area contributed by atoms with Crippen molar-refractivity contribution in [1.29, 1.82) is 0 Å². The number of hydrogen-bond donors (Lipinski definition) is 1. The van der Waals surface area contributed by atoms with Crippen LogP contribution in [-0.2, 0) is 17.6 Å². The van der Waals surface area contributed by atoms with Crippen molar-refractivity contribution in [2.75, 3.05) is 6.61 Å². The molecule has 1 aromatic rings. The summed E-state index contributed by atoms with van der Waals surface area (Å²) < 4.78 is 5.57. The number of ether oxygens (including phenoxy) is 1. The zero-order chi connectivity index (χ0) is 25.2. The van der Waals surface area contributed by atoms with Gasteiger partial charge in [-0.1, -0.05) is 118 Å². The highest BCUT2D eigenvalue weighted by Gasteiger charge is 2.17. The van der Waals surface area contributed by atoms with Crippen LogP contribution in [0.15, 0.2) is 12.1 Å². The van der Waals surface area contributed by atoms with Crippen LogP contribution >= 0.6 is 0 Å². The molecule has 0 aliphatic carbocycles. The Balaban J connectivity index is 2.23. The van der Waals surface area contributed by atoms with Gasteiger partial charge in [-0.15, -0.1) is 0 Å². The Morgan fingerprint density at radius 2 is 1.09 bits per heavy atom. The minimum absolute atomic E-state index is 0.260. The number of phenols is 1. The lowest BCUT2D eigenvalue weighted by molar-refractivity contribution is 0.0497. The molecule has 1 aromatic carbocycles. The third-order valence-electron chi connectivity index (χ3n) is 6.49. The first kappa shape index (κ1) is 30.5. The van der Waals surface area contributed by atoms with E-state index in [2.05, 4.69) is 34.6 Å². The number of esters is 1. The Morgan fingerprint density at radius 1 is 0.706 bits per heavy atom. The van der Waals surface area contributed by atoms with Crippen LogP contribution < -0.4 is 0 Å². The summed E-state index contributed by atoms with van der Waals surface area (Å²) in [5, 5.41) is 10.7. The highest BCUT2D eigenvalue weighted by Crippen LogP contribution is 2.29. The van der Waals surface area contributed by atoms with E-state index >= 15 is 0 Å². The molecule has 0 heterocycles. The molecule has 3 nitrogen and oxygen atoms in total. The fourth-order valence-corrected chi connectivity index (χ4v) is 4.61. The number of carbonyl (C=O) groups excluding carboxylic acids is 1. The molecule has 0 aliphatic rings. The minimum atomic E-state index is -0.260. The van der Waals surface area contributed by atoms with Crippen molar-refractivity contribution < 1.29 is 14.6 Å². The average Bonchev–Trinajstić information content (AvgIpc) is 2.78. The number of phenolic OH excluding ortho intramolecular Hbond substituents is 1. The molecule has 0 aromatic heterocycles. The number of rotatable bonds is 20. The number of benzene rings is 1. The van der Waals surface area contributed by atoms with Crippen molar-refractivity contribution in [2.24, 2.45) is 11.8 Å². The van der Waals surface area contributed by atoms with Gasteiger partial charge in [-0.25, -0.2) is 4.79 Å². The molecule has 0 unspecified atom stereocenters. The average molecular weight is 475 g/mol. The topological polar surface area (TPSA) is 46.5 Å². The molecule has 0 atom stereocenters. The molecular weight excluding hydrogens is 420 g/mol. The van der Waals surface area contributed by atoms with Crippen LogP contribution in [0.2, 0.25) is 0 Å². The van der Waals surface area contributed by atoms with Gasteiger partial charge < -0.3 is 9.84 Å². The second kappa shape index (κ2) is 18.8. The van der Waals surface area contributed by atoms with Gasteiger partial charge in [0.15, 0.2) is 0 Å². The summed E-state index contributed by atoms with van der Waals surface area (Å²) in [6.07, 6.45) is 20.0. The van der Waals surface area contributed by atoms with Gasteiger partial charge in [-0.2, -0.15) is 0 Å². The lowest BCUT2D eigenvalue weighted by Crippen LogP contribution is -2.09. The lowest BCUT2D eigenvalue weighted by atomic mass is 9.93. The predicted molar refractivity (Wildman–Crippen MR) is 146 cm³/mol.